The third-order valence-electron chi connectivity index (χ3n) is 6.33. The van der Waals surface area contributed by atoms with Gasteiger partial charge in [-0.2, -0.15) is 13.2 Å². The maximum atomic E-state index is 13.6. The fraction of sp³-hybridized carbons (Fsp3) is 0.440. The lowest BCUT2D eigenvalue weighted by Gasteiger charge is -2.32. The normalized spacial score (nSPS) is 15.2. The molecule has 0 aromatic heterocycles. The number of rotatable bonds is 9. The van der Waals surface area contributed by atoms with E-state index in [2.05, 4.69) is 5.32 Å². The molecule has 0 saturated heterocycles. The van der Waals surface area contributed by atoms with Crippen LogP contribution in [0.1, 0.15) is 43.7 Å². The van der Waals surface area contributed by atoms with Gasteiger partial charge in [0.15, 0.2) is 0 Å². The summed E-state index contributed by atoms with van der Waals surface area (Å²) in [5.74, 6) is -1.23. The zero-order valence-corrected chi connectivity index (χ0v) is 23.1. The molecule has 1 aliphatic carbocycles. The van der Waals surface area contributed by atoms with Crippen molar-refractivity contribution in [2.75, 3.05) is 17.1 Å². The average Bonchev–Trinajstić information content (AvgIpc) is 3.32. The van der Waals surface area contributed by atoms with Gasteiger partial charge in [-0.05, 0) is 55.7 Å². The number of amides is 2. The molecular formula is C25H28Cl2F3N3O4S. The standard InChI is InChI=1S/C25H28Cl2F3N3O4S/c1-16(24(35)31-20-8-3-4-9-20)32(14-17-6-5-7-19(26)12-17)23(34)15-33(38(2,36)37)22-13-18(25(28,29)30)10-11-21(22)27/h5-7,10-13,16,20H,3-4,8-9,14-15H2,1-2H3,(H,31,35). The zero-order valence-electron chi connectivity index (χ0n) is 20.8. The van der Waals surface area contributed by atoms with E-state index < -0.39 is 51.9 Å². The van der Waals surface area contributed by atoms with Gasteiger partial charge in [0.05, 0.1) is 22.5 Å². The van der Waals surface area contributed by atoms with E-state index in [0.717, 1.165) is 44.1 Å². The molecule has 13 heteroatoms. The molecule has 0 spiro atoms. The first-order valence-corrected chi connectivity index (χ1v) is 14.5. The maximum Gasteiger partial charge on any atom is 0.416 e. The lowest BCUT2D eigenvalue weighted by Crippen LogP contribution is -2.52. The van der Waals surface area contributed by atoms with Gasteiger partial charge < -0.3 is 10.2 Å². The Morgan fingerprint density at radius 2 is 1.76 bits per heavy atom. The van der Waals surface area contributed by atoms with E-state index >= 15 is 0 Å². The molecule has 1 atom stereocenters. The molecule has 208 valence electrons. The number of hydrogen-bond donors (Lipinski definition) is 1. The van der Waals surface area contributed by atoms with E-state index in [1.807, 2.05) is 0 Å². The Morgan fingerprint density at radius 1 is 1.11 bits per heavy atom. The van der Waals surface area contributed by atoms with Crippen LogP contribution in [0.15, 0.2) is 42.5 Å². The number of sulfonamides is 1. The van der Waals surface area contributed by atoms with Crippen molar-refractivity contribution >= 4 is 50.7 Å². The van der Waals surface area contributed by atoms with E-state index in [4.69, 9.17) is 23.2 Å². The van der Waals surface area contributed by atoms with Gasteiger partial charge in [0.2, 0.25) is 21.8 Å². The molecule has 3 rings (SSSR count). The number of benzene rings is 2. The summed E-state index contributed by atoms with van der Waals surface area (Å²) in [5, 5.41) is 3.03. The van der Waals surface area contributed by atoms with E-state index in [-0.39, 0.29) is 17.6 Å². The molecule has 1 saturated carbocycles. The van der Waals surface area contributed by atoms with Gasteiger partial charge in [0, 0.05) is 17.6 Å². The van der Waals surface area contributed by atoms with Crippen molar-refractivity contribution in [2.45, 2.75) is 57.4 Å². The Kier molecular flexibility index (Phi) is 9.59. The Morgan fingerprint density at radius 3 is 2.34 bits per heavy atom. The van der Waals surface area contributed by atoms with Crippen molar-refractivity contribution in [3.63, 3.8) is 0 Å². The molecule has 0 aliphatic heterocycles. The second kappa shape index (κ2) is 12.1. The van der Waals surface area contributed by atoms with Crippen LogP contribution in [0.4, 0.5) is 18.9 Å². The smallest absolute Gasteiger partial charge is 0.352 e. The summed E-state index contributed by atoms with van der Waals surface area (Å²) in [7, 11) is -4.26. The molecular weight excluding hydrogens is 566 g/mol. The summed E-state index contributed by atoms with van der Waals surface area (Å²) < 4.78 is 65.9. The van der Waals surface area contributed by atoms with Crippen molar-refractivity contribution in [3.8, 4) is 0 Å². The van der Waals surface area contributed by atoms with Crippen LogP contribution in [0.3, 0.4) is 0 Å². The van der Waals surface area contributed by atoms with Crippen molar-refractivity contribution in [1.29, 1.82) is 0 Å². The van der Waals surface area contributed by atoms with Crippen molar-refractivity contribution < 1.29 is 31.2 Å². The van der Waals surface area contributed by atoms with Gasteiger partial charge in [-0.3, -0.25) is 13.9 Å². The first-order chi connectivity index (χ1) is 17.7. The Labute approximate surface area is 229 Å². The summed E-state index contributed by atoms with van der Waals surface area (Å²) in [6.45, 7) is 0.544. The van der Waals surface area contributed by atoms with Gasteiger partial charge in [-0.1, -0.05) is 48.2 Å². The summed E-state index contributed by atoms with van der Waals surface area (Å²) >= 11 is 12.2. The number of nitrogens with one attached hydrogen (secondary N) is 1. The second-order valence-electron chi connectivity index (χ2n) is 9.25. The highest BCUT2D eigenvalue weighted by molar-refractivity contribution is 7.92. The molecule has 7 nitrogen and oxygen atoms in total. The molecule has 0 bridgehead atoms. The summed E-state index contributed by atoms with van der Waals surface area (Å²) in [6.07, 6.45) is -0.420. The molecule has 0 heterocycles. The highest BCUT2D eigenvalue weighted by Gasteiger charge is 2.35. The van der Waals surface area contributed by atoms with E-state index in [9.17, 15) is 31.2 Å². The Hall–Kier alpha value is -2.50. The molecule has 1 aliphatic rings. The van der Waals surface area contributed by atoms with E-state index in [1.54, 1.807) is 24.3 Å². The van der Waals surface area contributed by atoms with Crippen LogP contribution in [0, 0.1) is 0 Å². The summed E-state index contributed by atoms with van der Waals surface area (Å²) in [4.78, 5) is 27.8. The predicted molar refractivity (Wildman–Crippen MR) is 141 cm³/mol. The van der Waals surface area contributed by atoms with Gasteiger partial charge >= 0.3 is 6.18 Å². The van der Waals surface area contributed by atoms with Crippen LogP contribution in [0.25, 0.3) is 0 Å². The molecule has 2 amide bonds. The SMILES string of the molecule is CC(C(=O)NC1CCCC1)N(Cc1cccc(Cl)c1)C(=O)CN(c1cc(C(F)(F)F)ccc1Cl)S(C)(=O)=O. The minimum Gasteiger partial charge on any atom is -0.352 e. The van der Waals surface area contributed by atoms with Gasteiger partial charge in [-0.25, -0.2) is 8.42 Å². The minimum atomic E-state index is -4.77. The topological polar surface area (TPSA) is 86.8 Å². The highest BCUT2D eigenvalue weighted by atomic mass is 35.5. The van der Waals surface area contributed by atoms with Crippen LogP contribution in [-0.2, 0) is 32.3 Å². The van der Waals surface area contributed by atoms with Crippen molar-refractivity contribution in [3.05, 3.63) is 63.6 Å². The van der Waals surface area contributed by atoms with Crippen LogP contribution in [-0.4, -0.2) is 50.0 Å². The van der Waals surface area contributed by atoms with Crippen molar-refractivity contribution in [2.24, 2.45) is 0 Å². The van der Waals surface area contributed by atoms with Crippen LogP contribution >= 0.6 is 23.2 Å². The van der Waals surface area contributed by atoms with Crippen molar-refractivity contribution in [1.82, 2.24) is 10.2 Å². The molecule has 0 radical (unpaired) electrons. The van der Waals surface area contributed by atoms with Crippen LogP contribution in [0.2, 0.25) is 10.0 Å². The Balaban J connectivity index is 1.96. The fourth-order valence-corrected chi connectivity index (χ4v) is 5.62. The molecule has 1 N–H and O–H groups in total. The third-order valence-corrected chi connectivity index (χ3v) is 8.01. The number of carbonyl (C=O) groups is 2. The number of anilines is 1. The maximum absolute atomic E-state index is 13.6. The average molecular weight is 594 g/mol. The number of carbonyl (C=O) groups excluding carboxylic acids is 2. The molecule has 38 heavy (non-hydrogen) atoms. The van der Waals surface area contributed by atoms with Crippen LogP contribution < -0.4 is 9.62 Å². The van der Waals surface area contributed by atoms with Crippen LogP contribution in [0.5, 0.6) is 0 Å². The number of alkyl halides is 3. The monoisotopic (exact) mass is 593 g/mol. The number of halogens is 5. The van der Waals surface area contributed by atoms with Gasteiger partial charge in [0.25, 0.3) is 0 Å². The lowest BCUT2D eigenvalue weighted by atomic mass is 10.1. The Bertz CT molecular complexity index is 1280. The largest absolute Gasteiger partial charge is 0.416 e. The van der Waals surface area contributed by atoms with E-state index in [1.165, 1.54) is 11.8 Å². The predicted octanol–water partition coefficient (Wildman–Crippen LogP) is 5.25. The lowest BCUT2D eigenvalue weighted by molar-refractivity contribution is -0.139. The summed E-state index contributed by atoms with van der Waals surface area (Å²) in [5.41, 5.74) is -1.05. The molecule has 1 fully saturated rings. The number of nitrogens with zero attached hydrogens (tertiary/aromatic N) is 2. The van der Waals surface area contributed by atoms with Gasteiger partial charge in [0.1, 0.15) is 12.6 Å². The summed E-state index contributed by atoms with van der Waals surface area (Å²) in [6, 6.07) is 7.76. The first-order valence-electron chi connectivity index (χ1n) is 11.9. The second-order valence-corrected chi connectivity index (χ2v) is 12.0. The zero-order chi connectivity index (χ0) is 28.3. The molecule has 2 aromatic carbocycles. The highest BCUT2D eigenvalue weighted by Crippen LogP contribution is 2.36. The number of hydrogen-bond acceptors (Lipinski definition) is 4. The van der Waals surface area contributed by atoms with Gasteiger partial charge in [-0.15, -0.1) is 0 Å². The fourth-order valence-electron chi connectivity index (χ4n) is 4.28. The minimum absolute atomic E-state index is 0.0236. The molecule has 2 aromatic rings. The first kappa shape index (κ1) is 30.0. The quantitative estimate of drug-likeness (QED) is 0.430. The third kappa shape index (κ3) is 7.77. The molecule has 1 unspecified atom stereocenters. The van der Waals surface area contributed by atoms with E-state index in [0.29, 0.717) is 21.0 Å².